The van der Waals surface area contributed by atoms with Crippen LogP contribution < -0.4 is 19.1 Å². The fourth-order valence-corrected chi connectivity index (χ4v) is 5.29. The van der Waals surface area contributed by atoms with Gasteiger partial charge in [0.15, 0.2) is 11.5 Å². The zero-order chi connectivity index (χ0) is 27.7. The Morgan fingerprint density at radius 3 is 2.32 bits per heavy atom. The van der Waals surface area contributed by atoms with Crippen molar-refractivity contribution < 1.29 is 27.5 Å². The number of carbonyl (C=O) groups is 2. The molecule has 208 valence electrons. The Morgan fingerprint density at radius 1 is 1.00 bits per heavy atom. The minimum absolute atomic E-state index is 0.000422. The van der Waals surface area contributed by atoms with Gasteiger partial charge in [-0.25, -0.2) is 8.42 Å². The number of anilines is 1. The average Bonchev–Trinajstić information content (AvgIpc) is 2.90. The molecule has 0 aromatic heterocycles. The van der Waals surface area contributed by atoms with E-state index in [1.165, 1.54) is 4.31 Å². The maximum absolute atomic E-state index is 13.5. The van der Waals surface area contributed by atoms with Gasteiger partial charge in [-0.2, -0.15) is 0 Å². The standard InChI is InChI=1S/C28H39N3O6S/c1-5-21(3)29-28(33)24(6-2)30(20-22-11-8-7-9-12-22)27(32)13-10-16-31(38(4,34)35)23-14-15-25-26(19-23)37-18-17-36-25/h7-9,11-12,14-15,19,21,24H,5-6,10,13,16-18,20H2,1-4H3,(H,29,33)/t21-,24+/m0/s1. The van der Waals surface area contributed by atoms with E-state index >= 15 is 0 Å². The van der Waals surface area contributed by atoms with Gasteiger partial charge in [-0.05, 0) is 43.9 Å². The third-order valence-corrected chi connectivity index (χ3v) is 7.74. The highest BCUT2D eigenvalue weighted by atomic mass is 32.2. The number of sulfonamides is 1. The molecule has 2 aromatic rings. The average molecular weight is 546 g/mol. The molecule has 0 radical (unpaired) electrons. The molecule has 0 saturated heterocycles. The van der Waals surface area contributed by atoms with Crippen LogP contribution in [0.5, 0.6) is 11.5 Å². The van der Waals surface area contributed by atoms with Gasteiger partial charge in [0.2, 0.25) is 21.8 Å². The zero-order valence-electron chi connectivity index (χ0n) is 22.7. The summed E-state index contributed by atoms with van der Waals surface area (Å²) in [6, 6.07) is 13.9. The molecule has 2 atom stereocenters. The SMILES string of the molecule is CC[C@H](C(=O)N[C@@H](C)CC)N(Cc1ccccc1)C(=O)CCCN(c1ccc2c(c1)OCCO2)S(C)(=O)=O. The minimum atomic E-state index is -3.61. The van der Waals surface area contributed by atoms with Crippen LogP contribution in [-0.2, 0) is 26.2 Å². The van der Waals surface area contributed by atoms with E-state index < -0.39 is 16.1 Å². The van der Waals surface area contributed by atoms with Crippen molar-refractivity contribution in [3.8, 4) is 11.5 Å². The van der Waals surface area contributed by atoms with E-state index in [-0.39, 0.29) is 37.2 Å². The normalized spacial score (nSPS) is 14.3. The van der Waals surface area contributed by atoms with E-state index in [2.05, 4.69) is 5.32 Å². The highest BCUT2D eigenvalue weighted by Gasteiger charge is 2.29. The molecule has 0 aliphatic carbocycles. The molecule has 1 aliphatic heterocycles. The van der Waals surface area contributed by atoms with Crippen LogP contribution in [0, 0.1) is 0 Å². The second-order valence-corrected chi connectivity index (χ2v) is 11.4. The molecule has 0 bridgehead atoms. The van der Waals surface area contributed by atoms with Crippen LogP contribution >= 0.6 is 0 Å². The number of carbonyl (C=O) groups excluding carboxylic acids is 2. The van der Waals surface area contributed by atoms with E-state index in [1.807, 2.05) is 51.1 Å². The first-order chi connectivity index (χ1) is 18.1. The predicted molar refractivity (Wildman–Crippen MR) is 148 cm³/mol. The summed E-state index contributed by atoms with van der Waals surface area (Å²) in [6.45, 7) is 7.06. The number of amides is 2. The summed E-state index contributed by atoms with van der Waals surface area (Å²) in [5.41, 5.74) is 1.37. The molecule has 0 saturated carbocycles. The number of fused-ring (bicyclic) bond motifs is 1. The van der Waals surface area contributed by atoms with Gasteiger partial charge in [0, 0.05) is 31.6 Å². The first kappa shape index (κ1) is 29.3. The molecule has 0 fully saturated rings. The number of hydrogen-bond acceptors (Lipinski definition) is 6. The van der Waals surface area contributed by atoms with E-state index in [0.29, 0.717) is 43.4 Å². The molecule has 10 heteroatoms. The fourth-order valence-electron chi connectivity index (χ4n) is 4.33. The van der Waals surface area contributed by atoms with Crippen LogP contribution in [0.15, 0.2) is 48.5 Å². The summed E-state index contributed by atoms with van der Waals surface area (Å²) in [5, 5.41) is 3.00. The number of rotatable bonds is 13. The van der Waals surface area contributed by atoms with E-state index in [0.717, 1.165) is 18.2 Å². The van der Waals surface area contributed by atoms with Gasteiger partial charge >= 0.3 is 0 Å². The van der Waals surface area contributed by atoms with Crippen molar-refractivity contribution in [2.24, 2.45) is 0 Å². The molecule has 0 unspecified atom stereocenters. The lowest BCUT2D eigenvalue weighted by Crippen LogP contribution is -2.50. The van der Waals surface area contributed by atoms with Crippen molar-refractivity contribution >= 4 is 27.5 Å². The van der Waals surface area contributed by atoms with Crippen LogP contribution in [0.3, 0.4) is 0 Å². The number of nitrogens with zero attached hydrogens (tertiary/aromatic N) is 2. The third-order valence-electron chi connectivity index (χ3n) is 6.55. The van der Waals surface area contributed by atoms with Gasteiger partial charge in [0.25, 0.3) is 0 Å². The number of hydrogen-bond donors (Lipinski definition) is 1. The summed E-state index contributed by atoms with van der Waals surface area (Å²) in [7, 11) is -3.61. The molecule has 3 rings (SSSR count). The monoisotopic (exact) mass is 545 g/mol. The van der Waals surface area contributed by atoms with Gasteiger partial charge in [0.1, 0.15) is 19.3 Å². The van der Waals surface area contributed by atoms with E-state index in [4.69, 9.17) is 9.47 Å². The molecular weight excluding hydrogens is 506 g/mol. The van der Waals surface area contributed by atoms with Crippen molar-refractivity contribution in [3.63, 3.8) is 0 Å². The van der Waals surface area contributed by atoms with Crippen molar-refractivity contribution in [3.05, 3.63) is 54.1 Å². The minimum Gasteiger partial charge on any atom is -0.486 e. The molecule has 0 spiro atoms. The highest BCUT2D eigenvalue weighted by molar-refractivity contribution is 7.92. The Morgan fingerprint density at radius 2 is 1.68 bits per heavy atom. The maximum Gasteiger partial charge on any atom is 0.243 e. The molecule has 2 amide bonds. The largest absolute Gasteiger partial charge is 0.486 e. The fraction of sp³-hybridized carbons (Fsp3) is 0.500. The van der Waals surface area contributed by atoms with Crippen molar-refractivity contribution in [1.29, 1.82) is 0 Å². The highest BCUT2D eigenvalue weighted by Crippen LogP contribution is 2.34. The number of benzene rings is 2. The summed E-state index contributed by atoms with van der Waals surface area (Å²) in [4.78, 5) is 28.2. The molecular formula is C28H39N3O6S. The molecule has 2 aromatic carbocycles. The lowest BCUT2D eigenvalue weighted by Gasteiger charge is -2.32. The Kier molecular flexibility index (Phi) is 10.4. The third kappa shape index (κ3) is 7.86. The Labute approximate surface area is 226 Å². The summed E-state index contributed by atoms with van der Waals surface area (Å²) < 4.78 is 37.7. The Balaban J connectivity index is 1.75. The summed E-state index contributed by atoms with van der Waals surface area (Å²) in [5.74, 6) is 0.683. The van der Waals surface area contributed by atoms with Gasteiger partial charge in [-0.3, -0.25) is 13.9 Å². The zero-order valence-corrected chi connectivity index (χ0v) is 23.5. The predicted octanol–water partition coefficient (Wildman–Crippen LogP) is 3.73. The first-order valence-corrected chi connectivity index (χ1v) is 15.0. The smallest absolute Gasteiger partial charge is 0.243 e. The molecule has 1 heterocycles. The first-order valence-electron chi connectivity index (χ1n) is 13.1. The Hall–Kier alpha value is -3.27. The van der Waals surface area contributed by atoms with Gasteiger partial charge < -0.3 is 19.7 Å². The van der Waals surface area contributed by atoms with Crippen molar-refractivity contribution in [2.45, 2.75) is 65.1 Å². The van der Waals surface area contributed by atoms with Crippen LogP contribution in [0.25, 0.3) is 0 Å². The summed E-state index contributed by atoms with van der Waals surface area (Å²) >= 11 is 0. The molecule has 9 nitrogen and oxygen atoms in total. The number of nitrogens with one attached hydrogen (secondary N) is 1. The topological polar surface area (TPSA) is 105 Å². The lowest BCUT2D eigenvalue weighted by atomic mass is 10.1. The van der Waals surface area contributed by atoms with Crippen LogP contribution in [0.1, 0.15) is 52.0 Å². The lowest BCUT2D eigenvalue weighted by molar-refractivity contribution is -0.141. The Bertz CT molecular complexity index is 1190. The van der Waals surface area contributed by atoms with E-state index in [1.54, 1.807) is 23.1 Å². The van der Waals surface area contributed by atoms with Gasteiger partial charge in [-0.15, -0.1) is 0 Å². The quantitative estimate of drug-likeness (QED) is 0.411. The second kappa shape index (κ2) is 13.5. The van der Waals surface area contributed by atoms with Gasteiger partial charge in [-0.1, -0.05) is 44.2 Å². The van der Waals surface area contributed by atoms with E-state index in [9.17, 15) is 18.0 Å². The molecule has 1 N–H and O–H groups in total. The van der Waals surface area contributed by atoms with Crippen molar-refractivity contribution in [1.82, 2.24) is 10.2 Å². The number of ether oxygens (including phenoxy) is 2. The second-order valence-electron chi connectivity index (χ2n) is 9.52. The molecule has 1 aliphatic rings. The molecule has 38 heavy (non-hydrogen) atoms. The maximum atomic E-state index is 13.5. The van der Waals surface area contributed by atoms with Gasteiger partial charge in [0.05, 0.1) is 11.9 Å². The van der Waals surface area contributed by atoms with Crippen LogP contribution in [0.4, 0.5) is 5.69 Å². The van der Waals surface area contributed by atoms with Crippen LogP contribution in [0.2, 0.25) is 0 Å². The summed E-state index contributed by atoms with van der Waals surface area (Å²) in [6.07, 6.45) is 2.77. The van der Waals surface area contributed by atoms with Crippen LogP contribution in [-0.4, -0.2) is 63.2 Å². The van der Waals surface area contributed by atoms with Crippen molar-refractivity contribution in [2.75, 3.05) is 30.3 Å².